The summed E-state index contributed by atoms with van der Waals surface area (Å²) in [7, 11) is 1.04. The summed E-state index contributed by atoms with van der Waals surface area (Å²) in [6, 6.07) is 6.53. The highest BCUT2D eigenvalue weighted by Crippen LogP contribution is 2.29. The number of hydrogen-bond donors (Lipinski definition) is 0. The van der Waals surface area contributed by atoms with Crippen molar-refractivity contribution in [1.29, 1.82) is 0 Å². The van der Waals surface area contributed by atoms with Crippen LogP contribution in [0.1, 0.15) is 12.5 Å². The van der Waals surface area contributed by atoms with Gasteiger partial charge in [0, 0.05) is 12.7 Å². The Bertz CT molecular complexity index is 306. The number of halogens is 3. The molecule has 1 rings (SSSR count). The largest absolute Gasteiger partial charge is 0.484 e. The molecule has 0 radical (unpaired) electrons. The molecule has 0 aliphatic carbocycles. The van der Waals surface area contributed by atoms with Gasteiger partial charge in [0.2, 0.25) is 0 Å². The van der Waals surface area contributed by atoms with Gasteiger partial charge in [-0.15, -0.1) is 0 Å². The molecule has 0 bridgehead atoms. The van der Waals surface area contributed by atoms with Crippen LogP contribution in [-0.4, -0.2) is 13.3 Å². The van der Waals surface area contributed by atoms with Gasteiger partial charge >= 0.3 is 6.30 Å². The van der Waals surface area contributed by atoms with Crippen LogP contribution in [-0.2, 0) is 6.42 Å². The third-order valence-corrected chi connectivity index (χ3v) is 2.11. The molecule has 0 saturated carbocycles. The molecule has 0 spiro atoms. The SMILES string of the molecule is CCc1ccccc1N(C)C(F)(F)F. The molecule has 1 nitrogen and oxygen atoms in total. The van der Waals surface area contributed by atoms with E-state index in [1.807, 2.05) is 6.92 Å². The van der Waals surface area contributed by atoms with Crippen molar-refractivity contribution in [2.75, 3.05) is 11.9 Å². The van der Waals surface area contributed by atoms with Crippen molar-refractivity contribution >= 4 is 5.69 Å². The molecule has 1 aromatic rings. The monoisotopic (exact) mass is 203 g/mol. The van der Waals surface area contributed by atoms with E-state index in [1.165, 1.54) is 6.07 Å². The molecule has 78 valence electrons. The zero-order chi connectivity index (χ0) is 10.8. The summed E-state index contributed by atoms with van der Waals surface area (Å²) in [5.41, 5.74) is 0.926. The summed E-state index contributed by atoms with van der Waals surface area (Å²) in [4.78, 5) is 0.339. The Labute approximate surface area is 81.1 Å². The van der Waals surface area contributed by atoms with Gasteiger partial charge in [0.1, 0.15) is 0 Å². The summed E-state index contributed by atoms with van der Waals surface area (Å²) in [5, 5.41) is 0. The fraction of sp³-hybridized carbons (Fsp3) is 0.400. The maximum absolute atomic E-state index is 12.4. The van der Waals surface area contributed by atoms with Gasteiger partial charge in [-0.2, -0.15) is 13.2 Å². The molecular formula is C10H12F3N. The second kappa shape index (κ2) is 3.90. The lowest BCUT2D eigenvalue weighted by atomic mass is 10.1. The van der Waals surface area contributed by atoms with Gasteiger partial charge < -0.3 is 0 Å². The smallest absolute Gasteiger partial charge is 0.287 e. The second-order valence-electron chi connectivity index (χ2n) is 3.01. The van der Waals surface area contributed by atoms with Crippen molar-refractivity contribution in [2.45, 2.75) is 19.6 Å². The van der Waals surface area contributed by atoms with Gasteiger partial charge in [-0.3, -0.25) is 4.90 Å². The number of rotatable bonds is 2. The van der Waals surface area contributed by atoms with E-state index in [-0.39, 0.29) is 5.69 Å². The summed E-state index contributed by atoms with van der Waals surface area (Å²) >= 11 is 0. The van der Waals surface area contributed by atoms with Crippen LogP contribution in [0.5, 0.6) is 0 Å². The van der Waals surface area contributed by atoms with Crippen LogP contribution in [0.25, 0.3) is 0 Å². The molecule has 4 heteroatoms. The Balaban J connectivity index is 3.06. The highest BCUT2D eigenvalue weighted by Gasteiger charge is 2.35. The predicted molar refractivity (Wildman–Crippen MR) is 50.3 cm³/mol. The summed E-state index contributed by atoms with van der Waals surface area (Å²) in [5.74, 6) is 0. The zero-order valence-electron chi connectivity index (χ0n) is 8.10. The molecule has 0 atom stereocenters. The van der Waals surface area contributed by atoms with Gasteiger partial charge in [0.15, 0.2) is 0 Å². The molecule has 0 amide bonds. The van der Waals surface area contributed by atoms with E-state index in [0.29, 0.717) is 16.9 Å². The topological polar surface area (TPSA) is 3.24 Å². The molecule has 0 N–H and O–H groups in total. The molecule has 0 unspecified atom stereocenters. The average molecular weight is 203 g/mol. The fourth-order valence-electron chi connectivity index (χ4n) is 1.27. The number of anilines is 1. The molecule has 1 aromatic carbocycles. The number of nitrogens with zero attached hydrogens (tertiary/aromatic N) is 1. The molecular weight excluding hydrogens is 191 g/mol. The van der Waals surface area contributed by atoms with Crippen molar-refractivity contribution in [3.63, 3.8) is 0 Å². The zero-order valence-corrected chi connectivity index (χ0v) is 8.10. The molecule has 0 fully saturated rings. The maximum Gasteiger partial charge on any atom is 0.484 e. The van der Waals surface area contributed by atoms with E-state index in [9.17, 15) is 13.2 Å². The second-order valence-corrected chi connectivity index (χ2v) is 3.01. The van der Waals surface area contributed by atoms with Crippen molar-refractivity contribution in [1.82, 2.24) is 0 Å². The van der Waals surface area contributed by atoms with Crippen LogP contribution in [0.4, 0.5) is 18.9 Å². The summed E-state index contributed by atoms with van der Waals surface area (Å²) < 4.78 is 37.1. The minimum absolute atomic E-state index is 0.225. The highest BCUT2D eigenvalue weighted by molar-refractivity contribution is 5.53. The standard InChI is InChI=1S/C10H12F3N/c1-3-8-6-4-5-7-9(8)14(2)10(11,12)13/h4-7H,3H2,1-2H3. The summed E-state index contributed by atoms with van der Waals surface area (Å²) in [6.07, 6.45) is -3.72. The van der Waals surface area contributed by atoms with Crippen molar-refractivity contribution in [2.24, 2.45) is 0 Å². The quantitative estimate of drug-likeness (QED) is 0.667. The highest BCUT2D eigenvalue weighted by atomic mass is 19.4. The van der Waals surface area contributed by atoms with Crippen molar-refractivity contribution in [3.05, 3.63) is 29.8 Å². The van der Waals surface area contributed by atoms with E-state index in [0.717, 1.165) is 7.05 Å². The van der Waals surface area contributed by atoms with Gasteiger partial charge in [-0.25, -0.2) is 0 Å². The lowest BCUT2D eigenvalue weighted by Gasteiger charge is -2.24. The van der Waals surface area contributed by atoms with E-state index in [2.05, 4.69) is 0 Å². The van der Waals surface area contributed by atoms with Crippen LogP contribution in [0, 0.1) is 0 Å². The van der Waals surface area contributed by atoms with Gasteiger partial charge in [0.05, 0.1) is 0 Å². The first-order valence-corrected chi connectivity index (χ1v) is 4.35. The van der Waals surface area contributed by atoms with E-state index in [1.54, 1.807) is 18.2 Å². The number of hydrogen-bond acceptors (Lipinski definition) is 1. The molecule has 0 aliphatic rings. The minimum atomic E-state index is -4.31. The van der Waals surface area contributed by atoms with E-state index >= 15 is 0 Å². The number of alkyl halides is 3. The van der Waals surface area contributed by atoms with Crippen LogP contribution in [0.2, 0.25) is 0 Å². The van der Waals surface area contributed by atoms with Crippen LogP contribution >= 0.6 is 0 Å². The first-order chi connectivity index (χ1) is 6.46. The fourth-order valence-corrected chi connectivity index (χ4v) is 1.27. The minimum Gasteiger partial charge on any atom is -0.287 e. The number of aryl methyl sites for hydroxylation is 1. The van der Waals surface area contributed by atoms with Crippen molar-refractivity contribution in [3.8, 4) is 0 Å². The third-order valence-electron chi connectivity index (χ3n) is 2.11. The average Bonchev–Trinajstić information content (AvgIpc) is 2.15. The van der Waals surface area contributed by atoms with Gasteiger partial charge in [-0.05, 0) is 18.1 Å². The first kappa shape index (κ1) is 10.9. The Hall–Kier alpha value is -1.19. The number of para-hydroxylation sites is 1. The number of benzene rings is 1. The summed E-state index contributed by atoms with van der Waals surface area (Å²) in [6.45, 7) is 1.84. The maximum atomic E-state index is 12.4. The molecule has 0 aromatic heterocycles. The van der Waals surface area contributed by atoms with Gasteiger partial charge in [0.25, 0.3) is 0 Å². The molecule has 0 saturated heterocycles. The van der Waals surface area contributed by atoms with Crippen LogP contribution < -0.4 is 4.90 Å². The van der Waals surface area contributed by atoms with E-state index in [4.69, 9.17) is 0 Å². The molecule has 14 heavy (non-hydrogen) atoms. The Kier molecular flexibility index (Phi) is 3.03. The van der Waals surface area contributed by atoms with E-state index < -0.39 is 6.30 Å². The van der Waals surface area contributed by atoms with Crippen molar-refractivity contribution < 1.29 is 13.2 Å². The van der Waals surface area contributed by atoms with Gasteiger partial charge in [-0.1, -0.05) is 25.1 Å². The first-order valence-electron chi connectivity index (χ1n) is 4.35. The van der Waals surface area contributed by atoms with Crippen LogP contribution in [0.3, 0.4) is 0 Å². The Morgan fingerprint density at radius 1 is 1.21 bits per heavy atom. The third kappa shape index (κ3) is 2.19. The molecule has 0 aliphatic heterocycles. The lowest BCUT2D eigenvalue weighted by molar-refractivity contribution is -0.125. The molecule has 0 heterocycles. The lowest BCUT2D eigenvalue weighted by Crippen LogP contribution is -2.34. The van der Waals surface area contributed by atoms with Crippen LogP contribution in [0.15, 0.2) is 24.3 Å². The predicted octanol–water partition coefficient (Wildman–Crippen LogP) is 3.21. The normalized spacial score (nSPS) is 11.5. The Morgan fingerprint density at radius 3 is 2.29 bits per heavy atom. The Morgan fingerprint density at radius 2 is 1.79 bits per heavy atom.